The van der Waals surface area contributed by atoms with Gasteiger partial charge in [0.2, 0.25) is 0 Å². The third kappa shape index (κ3) is 4.59. The Morgan fingerprint density at radius 1 is 1.30 bits per heavy atom. The Morgan fingerprint density at radius 2 is 2.09 bits per heavy atom. The summed E-state index contributed by atoms with van der Waals surface area (Å²) in [4.78, 5) is 12.2. The number of aryl methyl sites for hydroxylation is 1. The van der Waals surface area contributed by atoms with Crippen LogP contribution in [0.2, 0.25) is 5.02 Å². The molecule has 2 aromatic rings. The van der Waals surface area contributed by atoms with Crippen molar-refractivity contribution in [1.29, 1.82) is 0 Å². The lowest BCUT2D eigenvalue weighted by Crippen LogP contribution is -2.47. The molecule has 2 rings (SSSR count). The molecular weight excluding hydrogens is 334 g/mol. The first-order valence-corrected chi connectivity index (χ1v) is 8.34. The summed E-state index contributed by atoms with van der Waals surface area (Å²) in [7, 11) is 0. The Balaban J connectivity index is 1.93. The van der Waals surface area contributed by atoms with Crippen LogP contribution in [0.25, 0.3) is 11.0 Å². The topological polar surface area (TPSA) is 66.3 Å². The summed E-state index contributed by atoms with van der Waals surface area (Å²) < 4.78 is 5.59. The van der Waals surface area contributed by atoms with E-state index in [9.17, 15) is 4.79 Å². The highest BCUT2D eigenvalue weighted by Crippen LogP contribution is 2.27. The molecule has 7 heteroatoms. The summed E-state index contributed by atoms with van der Waals surface area (Å²) in [5, 5.41) is 4.83. The zero-order chi connectivity index (χ0) is 16.8. The molecule has 0 aliphatic heterocycles. The van der Waals surface area contributed by atoms with E-state index in [0.717, 1.165) is 36.8 Å². The second-order valence-electron chi connectivity index (χ2n) is 5.24. The highest BCUT2D eigenvalue weighted by Gasteiger charge is 2.17. The largest absolute Gasteiger partial charge is 0.451 e. The van der Waals surface area contributed by atoms with Crippen LogP contribution in [-0.4, -0.2) is 17.6 Å². The molecule has 124 valence electrons. The Kier molecular flexibility index (Phi) is 6.24. The fraction of sp³-hybridized carbons (Fsp3) is 0.375. The lowest BCUT2D eigenvalue weighted by atomic mass is 10.1. The lowest BCUT2D eigenvalue weighted by molar-refractivity contribution is 0.0917. The number of hydrogen-bond acceptors (Lipinski definition) is 3. The monoisotopic (exact) mass is 353 g/mol. The van der Waals surface area contributed by atoms with Crippen molar-refractivity contribution in [2.45, 2.75) is 33.1 Å². The molecule has 1 amide bonds. The number of hydrogen-bond donors (Lipinski definition) is 3. The van der Waals surface area contributed by atoms with Gasteiger partial charge in [0, 0.05) is 22.5 Å². The summed E-state index contributed by atoms with van der Waals surface area (Å²) >= 11 is 11.1. The van der Waals surface area contributed by atoms with Gasteiger partial charge in [-0.2, -0.15) is 0 Å². The SMILES string of the molecule is CCCCCNC(=S)NNC(=O)c1oc2ccc(Cl)cc2c1C. The Labute approximate surface area is 145 Å². The molecular formula is C16H20ClN3O2S. The molecule has 23 heavy (non-hydrogen) atoms. The van der Waals surface area contributed by atoms with Crippen molar-refractivity contribution < 1.29 is 9.21 Å². The van der Waals surface area contributed by atoms with Crippen molar-refractivity contribution in [3.05, 3.63) is 34.5 Å². The number of thiocarbonyl (C=S) groups is 1. The average molecular weight is 354 g/mol. The van der Waals surface area contributed by atoms with Crippen molar-refractivity contribution in [3.8, 4) is 0 Å². The smallest absolute Gasteiger partial charge is 0.305 e. The van der Waals surface area contributed by atoms with E-state index < -0.39 is 0 Å². The quantitative estimate of drug-likeness (QED) is 0.434. The number of halogens is 1. The minimum atomic E-state index is -0.382. The van der Waals surface area contributed by atoms with Gasteiger partial charge in [0.05, 0.1) is 0 Å². The van der Waals surface area contributed by atoms with E-state index in [4.69, 9.17) is 28.2 Å². The van der Waals surface area contributed by atoms with E-state index in [1.54, 1.807) is 18.2 Å². The average Bonchev–Trinajstić information content (AvgIpc) is 2.86. The second-order valence-corrected chi connectivity index (χ2v) is 6.08. The van der Waals surface area contributed by atoms with Crippen molar-refractivity contribution in [2.75, 3.05) is 6.54 Å². The highest BCUT2D eigenvalue weighted by atomic mass is 35.5. The fourth-order valence-electron chi connectivity index (χ4n) is 2.20. The van der Waals surface area contributed by atoms with Crippen LogP contribution in [-0.2, 0) is 0 Å². The highest BCUT2D eigenvalue weighted by molar-refractivity contribution is 7.80. The lowest BCUT2D eigenvalue weighted by Gasteiger charge is -2.10. The van der Waals surface area contributed by atoms with Gasteiger partial charge in [-0.1, -0.05) is 31.4 Å². The summed E-state index contributed by atoms with van der Waals surface area (Å²) in [6.07, 6.45) is 3.33. The summed E-state index contributed by atoms with van der Waals surface area (Å²) in [5.74, 6) is -0.143. The predicted octanol–water partition coefficient (Wildman–Crippen LogP) is 3.69. The molecule has 0 radical (unpaired) electrons. The number of nitrogens with one attached hydrogen (secondary N) is 3. The number of carbonyl (C=O) groups excluding carboxylic acids is 1. The normalized spacial score (nSPS) is 10.6. The number of fused-ring (bicyclic) bond motifs is 1. The van der Waals surface area contributed by atoms with Crippen molar-refractivity contribution in [3.63, 3.8) is 0 Å². The molecule has 0 aliphatic carbocycles. The van der Waals surface area contributed by atoms with Gasteiger partial charge in [-0.3, -0.25) is 15.6 Å². The first-order valence-electron chi connectivity index (χ1n) is 7.55. The number of benzene rings is 1. The van der Waals surface area contributed by atoms with Gasteiger partial charge in [-0.05, 0) is 43.8 Å². The number of unbranched alkanes of at least 4 members (excludes halogenated alkanes) is 2. The van der Waals surface area contributed by atoms with Gasteiger partial charge in [-0.15, -0.1) is 0 Å². The Bertz CT molecular complexity index is 715. The standard InChI is InChI=1S/C16H20ClN3O2S/c1-3-4-5-8-18-16(23)20-19-15(21)14-10(2)12-9-11(17)6-7-13(12)22-14/h6-7,9H,3-5,8H2,1-2H3,(H,19,21)(H2,18,20,23). The van der Waals surface area contributed by atoms with Crippen LogP contribution in [0.1, 0.15) is 42.3 Å². The molecule has 0 saturated carbocycles. The zero-order valence-corrected chi connectivity index (χ0v) is 14.7. The van der Waals surface area contributed by atoms with Crippen molar-refractivity contribution in [1.82, 2.24) is 16.2 Å². The van der Waals surface area contributed by atoms with Crippen molar-refractivity contribution >= 4 is 45.8 Å². The molecule has 0 aliphatic rings. The molecule has 5 nitrogen and oxygen atoms in total. The van der Waals surface area contributed by atoms with Crippen LogP contribution in [0.4, 0.5) is 0 Å². The first kappa shape index (κ1) is 17.6. The maximum Gasteiger partial charge on any atom is 0.305 e. The zero-order valence-electron chi connectivity index (χ0n) is 13.2. The number of hydrazine groups is 1. The third-order valence-corrected chi connectivity index (χ3v) is 3.94. The summed E-state index contributed by atoms with van der Waals surface area (Å²) in [6.45, 7) is 4.73. The van der Waals surface area contributed by atoms with Gasteiger partial charge in [0.25, 0.3) is 0 Å². The third-order valence-electron chi connectivity index (χ3n) is 3.46. The number of carbonyl (C=O) groups is 1. The maximum absolute atomic E-state index is 12.2. The van der Waals surface area contributed by atoms with Gasteiger partial charge in [0.15, 0.2) is 10.9 Å². The number of amides is 1. The maximum atomic E-state index is 12.2. The summed E-state index contributed by atoms with van der Waals surface area (Å²) in [6, 6.07) is 5.25. The fourth-order valence-corrected chi connectivity index (χ4v) is 2.53. The molecule has 3 N–H and O–H groups in total. The summed E-state index contributed by atoms with van der Waals surface area (Å²) in [5.41, 5.74) is 6.57. The first-order chi connectivity index (χ1) is 11.0. The van der Waals surface area contributed by atoms with Gasteiger partial charge < -0.3 is 9.73 Å². The minimum absolute atomic E-state index is 0.239. The Morgan fingerprint density at radius 3 is 2.83 bits per heavy atom. The molecule has 1 aromatic carbocycles. The van der Waals surface area contributed by atoms with E-state index in [2.05, 4.69) is 23.1 Å². The molecule has 0 bridgehead atoms. The second kappa shape index (κ2) is 8.17. The molecule has 0 fully saturated rings. The van der Waals surface area contributed by atoms with Crippen LogP contribution in [0.3, 0.4) is 0 Å². The molecule has 1 heterocycles. The van der Waals surface area contributed by atoms with Crippen LogP contribution in [0.15, 0.2) is 22.6 Å². The van der Waals surface area contributed by atoms with E-state index in [0.29, 0.717) is 15.7 Å². The molecule has 0 spiro atoms. The van der Waals surface area contributed by atoms with Crippen LogP contribution in [0.5, 0.6) is 0 Å². The van der Waals surface area contributed by atoms with Gasteiger partial charge >= 0.3 is 5.91 Å². The minimum Gasteiger partial charge on any atom is -0.451 e. The van der Waals surface area contributed by atoms with Gasteiger partial charge in [-0.25, -0.2) is 0 Å². The van der Waals surface area contributed by atoms with Crippen LogP contribution >= 0.6 is 23.8 Å². The number of furan rings is 1. The molecule has 0 unspecified atom stereocenters. The molecule has 1 aromatic heterocycles. The number of rotatable bonds is 5. The van der Waals surface area contributed by atoms with E-state index in [1.807, 2.05) is 6.92 Å². The molecule has 0 atom stereocenters. The van der Waals surface area contributed by atoms with E-state index in [1.165, 1.54) is 0 Å². The Hall–Kier alpha value is -1.79. The molecule has 0 saturated heterocycles. The van der Waals surface area contributed by atoms with Gasteiger partial charge in [0.1, 0.15) is 5.58 Å². The van der Waals surface area contributed by atoms with Crippen LogP contribution < -0.4 is 16.2 Å². The van der Waals surface area contributed by atoms with E-state index >= 15 is 0 Å². The van der Waals surface area contributed by atoms with E-state index in [-0.39, 0.29) is 11.7 Å². The predicted molar refractivity (Wildman–Crippen MR) is 96.7 cm³/mol. The van der Waals surface area contributed by atoms with Crippen LogP contribution in [0, 0.1) is 6.92 Å². The van der Waals surface area contributed by atoms with Crippen molar-refractivity contribution in [2.24, 2.45) is 0 Å².